The molecule has 0 spiro atoms. The molecule has 18 heavy (non-hydrogen) atoms. The molecule has 0 aliphatic carbocycles. The second-order valence-electron chi connectivity index (χ2n) is 4.59. The van der Waals surface area contributed by atoms with Crippen molar-refractivity contribution < 1.29 is 24.1 Å². The number of esters is 1. The number of rotatable bonds is 2. The van der Waals surface area contributed by atoms with E-state index in [0.29, 0.717) is 19.0 Å². The minimum absolute atomic E-state index is 0.0618. The lowest BCUT2D eigenvalue weighted by molar-refractivity contribution is -0.142. The average molecular weight is 250 g/mol. The molecule has 1 N–H and O–H groups in total. The third-order valence-corrected chi connectivity index (χ3v) is 3.61. The summed E-state index contributed by atoms with van der Waals surface area (Å²) >= 11 is 0. The number of hydrogen-bond acceptors (Lipinski definition) is 5. The van der Waals surface area contributed by atoms with Crippen LogP contribution in [0, 0.1) is 11.8 Å². The number of hydrogen-bond donors (Lipinski definition) is 1. The van der Waals surface area contributed by atoms with Crippen LogP contribution in [0.5, 0.6) is 11.5 Å². The molecule has 1 aromatic carbocycles. The van der Waals surface area contributed by atoms with Gasteiger partial charge in [0.15, 0.2) is 11.5 Å². The molecule has 0 saturated carbocycles. The molecule has 3 rings (SSSR count). The van der Waals surface area contributed by atoms with Crippen molar-refractivity contribution in [3.8, 4) is 11.5 Å². The summed E-state index contributed by atoms with van der Waals surface area (Å²) in [7, 11) is 1.50. The summed E-state index contributed by atoms with van der Waals surface area (Å²) in [4.78, 5) is 11.4. The number of ether oxygens (including phenoxy) is 3. The Bertz CT molecular complexity index is 484. The second-order valence-corrected chi connectivity index (χ2v) is 4.59. The van der Waals surface area contributed by atoms with Gasteiger partial charge in [-0.2, -0.15) is 0 Å². The summed E-state index contributed by atoms with van der Waals surface area (Å²) in [6.45, 7) is 0.800. The Morgan fingerprint density at radius 1 is 1.39 bits per heavy atom. The van der Waals surface area contributed by atoms with E-state index in [4.69, 9.17) is 14.2 Å². The fraction of sp³-hybridized carbons (Fsp3) is 0.462. The van der Waals surface area contributed by atoms with Crippen LogP contribution in [0.3, 0.4) is 0 Å². The number of cyclic esters (lactones) is 1. The minimum Gasteiger partial charge on any atom is -0.504 e. The Kier molecular flexibility index (Phi) is 2.63. The van der Waals surface area contributed by atoms with Gasteiger partial charge < -0.3 is 19.3 Å². The van der Waals surface area contributed by atoms with Crippen LogP contribution < -0.4 is 4.74 Å². The molecule has 2 fully saturated rings. The number of benzene rings is 1. The van der Waals surface area contributed by atoms with Crippen LogP contribution in [0.1, 0.15) is 11.7 Å². The fourth-order valence-electron chi connectivity index (χ4n) is 2.61. The first-order valence-electron chi connectivity index (χ1n) is 5.86. The van der Waals surface area contributed by atoms with Gasteiger partial charge in [-0.25, -0.2) is 0 Å². The topological polar surface area (TPSA) is 65.0 Å². The second kappa shape index (κ2) is 4.17. The van der Waals surface area contributed by atoms with E-state index in [2.05, 4.69) is 0 Å². The van der Waals surface area contributed by atoms with Crippen molar-refractivity contribution in [3.63, 3.8) is 0 Å². The summed E-state index contributed by atoms with van der Waals surface area (Å²) in [6.07, 6.45) is -0.170. The van der Waals surface area contributed by atoms with E-state index in [9.17, 15) is 9.90 Å². The standard InChI is InChI=1S/C13H14O5/c1-16-11-4-7(2-3-10(11)14)12-8-5-18-13(15)9(8)6-17-12/h2-4,8-9,12,14H,5-6H2,1H3/t8-,9-,12+/m1/s1. The van der Waals surface area contributed by atoms with Crippen molar-refractivity contribution >= 4 is 5.97 Å². The van der Waals surface area contributed by atoms with Gasteiger partial charge in [-0.3, -0.25) is 4.79 Å². The molecular formula is C13H14O5. The summed E-state index contributed by atoms with van der Waals surface area (Å²) < 4.78 is 15.8. The molecule has 2 aliphatic heterocycles. The largest absolute Gasteiger partial charge is 0.504 e. The molecule has 3 atom stereocenters. The molecule has 2 saturated heterocycles. The number of carbonyl (C=O) groups excluding carboxylic acids is 1. The number of phenols is 1. The Morgan fingerprint density at radius 3 is 3.00 bits per heavy atom. The van der Waals surface area contributed by atoms with E-state index in [0.717, 1.165) is 5.56 Å². The van der Waals surface area contributed by atoms with Crippen molar-refractivity contribution in [2.24, 2.45) is 11.8 Å². The predicted octanol–water partition coefficient (Wildman–Crippen LogP) is 1.26. The Labute approximate surface area is 104 Å². The van der Waals surface area contributed by atoms with Crippen LogP contribution in [-0.2, 0) is 14.3 Å². The van der Waals surface area contributed by atoms with Crippen molar-refractivity contribution in [2.75, 3.05) is 20.3 Å². The SMILES string of the molecule is COc1cc([C@@H]2OC[C@H]3C(=O)OC[C@H]32)ccc1O. The van der Waals surface area contributed by atoms with Crippen LogP contribution in [-0.4, -0.2) is 31.4 Å². The number of phenolic OH excluding ortho intramolecular Hbond substituents is 1. The van der Waals surface area contributed by atoms with E-state index >= 15 is 0 Å². The Balaban J connectivity index is 1.89. The maximum Gasteiger partial charge on any atom is 0.311 e. The first-order valence-corrected chi connectivity index (χ1v) is 5.86. The fourth-order valence-corrected chi connectivity index (χ4v) is 2.61. The van der Waals surface area contributed by atoms with Crippen molar-refractivity contribution in [1.82, 2.24) is 0 Å². The van der Waals surface area contributed by atoms with Gasteiger partial charge in [0.2, 0.25) is 0 Å². The van der Waals surface area contributed by atoms with E-state index in [-0.39, 0.29) is 29.7 Å². The molecular weight excluding hydrogens is 236 g/mol. The molecule has 2 aliphatic rings. The summed E-state index contributed by atoms with van der Waals surface area (Å²) in [5.41, 5.74) is 0.899. The van der Waals surface area contributed by atoms with Crippen LogP contribution in [0.15, 0.2) is 18.2 Å². The minimum atomic E-state index is -0.173. The zero-order valence-electron chi connectivity index (χ0n) is 9.96. The summed E-state index contributed by atoms with van der Waals surface area (Å²) in [5.74, 6) is 0.231. The Morgan fingerprint density at radius 2 is 2.22 bits per heavy atom. The lowest BCUT2D eigenvalue weighted by Crippen LogP contribution is -2.14. The monoisotopic (exact) mass is 250 g/mol. The highest BCUT2D eigenvalue weighted by Gasteiger charge is 2.48. The van der Waals surface area contributed by atoms with Gasteiger partial charge in [0, 0.05) is 5.92 Å². The van der Waals surface area contributed by atoms with E-state index in [1.807, 2.05) is 0 Å². The van der Waals surface area contributed by atoms with E-state index in [1.165, 1.54) is 7.11 Å². The number of carbonyl (C=O) groups is 1. The number of aromatic hydroxyl groups is 1. The van der Waals surface area contributed by atoms with Gasteiger partial charge in [0.1, 0.15) is 0 Å². The third kappa shape index (κ3) is 1.62. The average Bonchev–Trinajstić information content (AvgIpc) is 2.94. The molecule has 2 heterocycles. The maximum atomic E-state index is 11.4. The van der Waals surface area contributed by atoms with Gasteiger partial charge in [0.05, 0.1) is 32.3 Å². The third-order valence-electron chi connectivity index (χ3n) is 3.61. The highest BCUT2D eigenvalue weighted by molar-refractivity contribution is 5.75. The van der Waals surface area contributed by atoms with Crippen molar-refractivity contribution in [3.05, 3.63) is 23.8 Å². The maximum absolute atomic E-state index is 11.4. The molecule has 0 bridgehead atoms. The molecule has 0 amide bonds. The molecule has 1 aromatic rings. The van der Waals surface area contributed by atoms with Gasteiger partial charge in [-0.05, 0) is 17.7 Å². The van der Waals surface area contributed by atoms with Gasteiger partial charge in [0.25, 0.3) is 0 Å². The first kappa shape index (κ1) is 11.3. The van der Waals surface area contributed by atoms with Crippen LogP contribution >= 0.6 is 0 Å². The van der Waals surface area contributed by atoms with Gasteiger partial charge >= 0.3 is 5.97 Å². The van der Waals surface area contributed by atoms with Crippen LogP contribution in [0.2, 0.25) is 0 Å². The predicted molar refractivity (Wildman–Crippen MR) is 61.3 cm³/mol. The lowest BCUT2D eigenvalue weighted by atomic mass is 9.90. The number of fused-ring (bicyclic) bond motifs is 1. The molecule has 96 valence electrons. The van der Waals surface area contributed by atoms with Crippen LogP contribution in [0.4, 0.5) is 0 Å². The molecule has 0 radical (unpaired) electrons. The molecule has 0 unspecified atom stereocenters. The van der Waals surface area contributed by atoms with Crippen molar-refractivity contribution in [2.45, 2.75) is 6.10 Å². The first-order chi connectivity index (χ1) is 8.70. The molecule has 5 heteroatoms. The van der Waals surface area contributed by atoms with E-state index in [1.54, 1.807) is 18.2 Å². The highest BCUT2D eigenvalue weighted by Crippen LogP contribution is 2.44. The quantitative estimate of drug-likeness (QED) is 0.800. The van der Waals surface area contributed by atoms with E-state index < -0.39 is 0 Å². The Hall–Kier alpha value is -1.75. The summed E-state index contributed by atoms with van der Waals surface area (Å²) in [6, 6.07) is 5.10. The number of methoxy groups -OCH3 is 1. The molecule has 5 nitrogen and oxygen atoms in total. The smallest absolute Gasteiger partial charge is 0.311 e. The lowest BCUT2D eigenvalue weighted by Gasteiger charge is -2.16. The summed E-state index contributed by atoms with van der Waals surface area (Å²) in [5, 5.41) is 9.56. The highest BCUT2D eigenvalue weighted by atomic mass is 16.6. The zero-order chi connectivity index (χ0) is 12.7. The van der Waals surface area contributed by atoms with Crippen LogP contribution in [0.25, 0.3) is 0 Å². The normalized spacial score (nSPS) is 30.1. The van der Waals surface area contributed by atoms with Crippen molar-refractivity contribution in [1.29, 1.82) is 0 Å². The van der Waals surface area contributed by atoms with Gasteiger partial charge in [-0.1, -0.05) is 6.07 Å². The van der Waals surface area contributed by atoms with Gasteiger partial charge in [-0.15, -0.1) is 0 Å². The molecule has 0 aromatic heterocycles. The zero-order valence-corrected chi connectivity index (χ0v) is 9.96.